The van der Waals surface area contributed by atoms with Crippen molar-refractivity contribution >= 4 is 29.4 Å². The quantitative estimate of drug-likeness (QED) is 0.510. The summed E-state index contributed by atoms with van der Waals surface area (Å²) in [5, 5.41) is 16.9. The molecule has 9 nitrogen and oxygen atoms in total. The first-order chi connectivity index (χ1) is 13.6. The van der Waals surface area contributed by atoms with Crippen molar-refractivity contribution in [3.8, 4) is 6.07 Å². The van der Waals surface area contributed by atoms with Gasteiger partial charge in [-0.05, 0) is 44.9 Å². The second-order valence-corrected chi connectivity index (χ2v) is 8.02. The molecule has 1 amide bonds. The molecule has 0 spiro atoms. The van der Waals surface area contributed by atoms with E-state index in [2.05, 4.69) is 26.5 Å². The van der Waals surface area contributed by atoms with Crippen LogP contribution in [-0.2, 0) is 20.7 Å². The highest BCUT2D eigenvalue weighted by molar-refractivity contribution is 7.98. The Morgan fingerprint density at radius 3 is 2.62 bits per heavy atom. The van der Waals surface area contributed by atoms with Crippen LogP contribution in [0, 0.1) is 31.1 Å². The third-order valence-corrected chi connectivity index (χ3v) is 5.48. The van der Waals surface area contributed by atoms with Gasteiger partial charge in [0.1, 0.15) is 5.54 Å². The summed E-state index contributed by atoms with van der Waals surface area (Å²) >= 11 is 1.43. The van der Waals surface area contributed by atoms with E-state index in [1.54, 1.807) is 11.4 Å². The molecule has 0 saturated heterocycles. The van der Waals surface area contributed by atoms with Gasteiger partial charge in [-0.25, -0.2) is 9.50 Å². The number of hydrogen-bond donors (Lipinski definition) is 1. The highest BCUT2D eigenvalue weighted by Gasteiger charge is 2.30. The minimum atomic E-state index is -1.01. The van der Waals surface area contributed by atoms with E-state index >= 15 is 0 Å². The summed E-state index contributed by atoms with van der Waals surface area (Å²) < 4.78 is 6.73. The number of carbonyl (C=O) groups is 2. The van der Waals surface area contributed by atoms with Crippen LogP contribution in [-0.4, -0.2) is 49.9 Å². The van der Waals surface area contributed by atoms with E-state index in [9.17, 15) is 14.9 Å². The van der Waals surface area contributed by atoms with Crippen molar-refractivity contribution in [1.82, 2.24) is 24.9 Å². The van der Waals surface area contributed by atoms with Gasteiger partial charge in [-0.3, -0.25) is 9.59 Å². The van der Waals surface area contributed by atoms with Crippen LogP contribution in [0.15, 0.2) is 5.16 Å². The zero-order valence-corrected chi connectivity index (χ0v) is 18.4. The number of aromatic nitrogens is 4. The molecule has 0 aliphatic heterocycles. The van der Waals surface area contributed by atoms with Crippen molar-refractivity contribution in [2.45, 2.75) is 58.2 Å². The molecule has 2 aromatic rings. The maximum atomic E-state index is 12.1. The van der Waals surface area contributed by atoms with Crippen molar-refractivity contribution in [3.63, 3.8) is 0 Å². The molecule has 0 radical (unpaired) electrons. The van der Waals surface area contributed by atoms with Crippen LogP contribution in [0.1, 0.15) is 44.1 Å². The molecule has 2 heterocycles. The molecule has 2 rings (SSSR count). The molecule has 10 heteroatoms. The number of nitriles is 1. The molecule has 0 saturated carbocycles. The van der Waals surface area contributed by atoms with E-state index in [0.717, 1.165) is 17.0 Å². The SMILES string of the molecule is CSc1nc2nc(C)c(CCC(=O)OCC(=O)N[C@](C)(C#N)C(C)C)c(C)n2n1. The molecule has 2 aromatic heterocycles. The molecule has 1 atom stereocenters. The van der Waals surface area contributed by atoms with E-state index in [4.69, 9.17) is 4.74 Å². The number of esters is 1. The number of nitrogens with one attached hydrogen (secondary N) is 1. The lowest BCUT2D eigenvalue weighted by molar-refractivity contribution is -0.149. The number of nitrogens with zero attached hydrogens (tertiary/aromatic N) is 5. The molecule has 0 fully saturated rings. The van der Waals surface area contributed by atoms with Crippen LogP contribution in [0.4, 0.5) is 0 Å². The first-order valence-electron chi connectivity index (χ1n) is 9.26. The summed E-state index contributed by atoms with van der Waals surface area (Å²) in [5.74, 6) is -0.550. The van der Waals surface area contributed by atoms with E-state index in [1.807, 2.05) is 34.0 Å². The monoisotopic (exact) mass is 418 g/mol. The van der Waals surface area contributed by atoms with Gasteiger partial charge in [0, 0.05) is 17.8 Å². The summed E-state index contributed by atoms with van der Waals surface area (Å²) in [6.07, 6.45) is 2.41. The van der Waals surface area contributed by atoms with Gasteiger partial charge in [-0.15, -0.1) is 5.10 Å². The zero-order valence-electron chi connectivity index (χ0n) is 17.6. The summed E-state index contributed by atoms with van der Waals surface area (Å²) in [5.41, 5.74) is 1.54. The minimum Gasteiger partial charge on any atom is -0.456 e. The van der Waals surface area contributed by atoms with Crippen LogP contribution in [0.5, 0.6) is 0 Å². The van der Waals surface area contributed by atoms with Gasteiger partial charge in [-0.2, -0.15) is 10.2 Å². The third kappa shape index (κ3) is 5.23. The lowest BCUT2D eigenvalue weighted by atomic mass is 9.90. The standard InChI is InChI=1S/C19H26N6O3S/c1-11(2)19(5,10-20)23-15(26)9-28-16(27)8-7-14-12(3)21-17-22-18(29-6)24-25(17)13(14)4/h11H,7-9H2,1-6H3,(H,23,26)/t19-/m1/s1. The maximum absolute atomic E-state index is 12.1. The van der Waals surface area contributed by atoms with Crippen molar-refractivity contribution in [1.29, 1.82) is 5.26 Å². The topological polar surface area (TPSA) is 122 Å². The van der Waals surface area contributed by atoms with E-state index in [0.29, 0.717) is 17.4 Å². The summed E-state index contributed by atoms with van der Waals surface area (Å²) in [4.78, 5) is 32.9. The predicted octanol–water partition coefficient (Wildman–Crippen LogP) is 1.99. The van der Waals surface area contributed by atoms with Gasteiger partial charge < -0.3 is 10.1 Å². The van der Waals surface area contributed by atoms with Crippen molar-refractivity contribution in [3.05, 3.63) is 17.0 Å². The Morgan fingerprint density at radius 2 is 2.03 bits per heavy atom. The zero-order chi connectivity index (χ0) is 21.8. The Kier molecular flexibility index (Phi) is 7.19. The smallest absolute Gasteiger partial charge is 0.306 e. The number of aryl methyl sites for hydroxylation is 2. The highest BCUT2D eigenvalue weighted by atomic mass is 32.2. The second-order valence-electron chi connectivity index (χ2n) is 7.25. The number of rotatable bonds is 8. The predicted molar refractivity (Wildman–Crippen MR) is 108 cm³/mol. The molecular formula is C19H26N6O3S. The number of thioether (sulfide) groups is 1. The van der Waals surface area contributed by atoms with Gasteiger partial charge in [0.05, 0.1) is 6.07 Å². The molecule has 29 heavy (non-hydrogen) atoms. The van der Waals surface area contributed by atoms with Gasteiger partial charge in [-0.1, -0.05) is 25.6 Å². The first-order valence-corrected chi connectivity index (χ1v) is 10.5. The van der Waals surface area contributed by atoms with Crippen molar-refractivity contribution in [2.24, 2.45) is 5.92 Å². The molecule has 1 N–H and O–H groups in total. The highest BCUT2D eigenvalue weighted by Crippen LogP contribution is 2.18. The van der Waals surface area contributed by atoms with Crippen LogP contribution < -0.4 is 5.32 Å². The van der Waals surface area contributed by atoms with E-state index in [-0.39, 0.29) is 12.3 Å². The average Bonchev–Trinajstić information content (AvgIpc) is 3.09. The molecule has 156 valence electrons. The normalized spacial score (nSPS) is 13.2. The average molecular weight is 419 g/mol. The Morgan fingerprint density at radius 1 is 1.34 bits per heavy atom. The molecular weight excluding hydrogens is 392 g/mol. The Labute approximate surface area is 174 Å². The van der Waals surface area contributed by atoms with Gasteiger partial charge in [0.15, 0.2) is 6.61 Å². The van der Waals surface area contributed by atoms with Crippen molar-refractivity contribution < 1.29 is 14.3 Å². The minimum absolute atomic E-state index is 0.0797. The first kappa shape index (κ1) is 22.6. The van der Waals surface area contributed by atoms with Gasteiger partial charge in [0.25, 0.3) is 11.7 Å². The molecule has 0 aliphatic rings. The number of hydrogen-bond acceptors (Lipinski definition) is 8. The van der Waals surface area contributed by atoms with Gasteiger partial charge >= 0.3 is 5.97 Å². The van der Waals surface area contributed by atoms with Crippen LogP contribution in [0.25, 0.3) is 5.78 Å². The van der Waals surface area contributed by atoms with Crippen LogP contribution in [0.2, 0.25) is 0 Å². The molecule has 0 unspecified atom stereocenters. The van der Waals surface area contributed by atoms with E-state index < -0.39 is 24.0 Å². The Balaban J connectivity index is 1.96. The number of ether oxygens (including phenoxy) is 1. The lowest BCUT2D eigenvalue weighted by Crippen LogP contribution is -2.50. The Bertz CT molecular complexity index is 965. The van der Waals surface area contributed by atoms with Crippen LogP contribution in [0.3, 0.4) is 0 Å². The largest absolute Gasteiger partial charge is 0.456 e. The fraction of sp³-hybridized carbons (Fsp3) is 0.579. The Hall–Kier alpha value is -2.67. The maximum Gasteiger partial charge on any atom is 0.306 e. The molecule has 0 bridgehead atoms. The van der Waals surface area contributed by atoms with Crippen LogP contribution >= 0.6 is 11.8 Å². The molecule has 0 aromatic carbocycles. The summed E-state index contributed by atoms with van der Waals surface area (Å²) in [6, 6.07) is 2.08. The van der Waals surface area contributed by atoms with Gasteiger partial charge in [0.2, 0.25) is 5.16 Å². The second kappa shape index (κ2) is 9.22. The fourth-order valence-corrected chi connectivity index (χ4v) is 3.05. The van der Waals surface area contributed by atoms with Crippen molar-refractivity contribution in [2.75, 3.05) is 12.9 Å². The number of fused-ring (bicyclic) bond motifs is 1. The molecule has 0 aliphatic carbocycles. The number of amides is 1. The lowest BCUT2D eigenvalue weighted by Gasteiger charge is -2.27. The summed E-state index contributed by atoms with van der Waals surface area (Å²) in [6.45, 7) is 8.66. The number of carbonyl (C=O) groups excluding carboxylic acids is 2. The fourth-order valence-electron chi connectivity index (χ4n) is 2.71. The third-order valence-electron chi connectivity index (χ3n) is 4.94. The van der Waals surface area contributed by atoms with E-state index in [1.165, 1.54) is 11.8 Å². The summed E-state index contributed by atoms with van der Waals surface area (Å²) in [7, 11) is 0.